The van der Waals surface area contributed by atoms with Gasteiger partial charge in [0, 0.05) is 32.4 Å². The molecule has 0 atom stereocenters. The maximum Gasteiger partial charge on any atom is 0.263 e. The van der Waals surface area contributed by atoms with Crippen LogP contribution < -0.4 is 10.9 Å². The summed E-state index contributed by atoms with van der Waals surface area (Å²) in [5, 5.41) is 2.54. The number of aromatic nitrogens is 1. The van der Waals surface area contributed by atoms with E-state index >= 15 is 0 Å². The number of hydrogen-bond acceptors (Lipinski definition) is 4. The molecule has 8 heteroatoms. The van der Waals surface area contributed by atoms with Gasteiger partial charge in [0.2, 0.25) is 10.0 Å². The molecule has 7 nitrogen and oxygen atoms in total. The fraction of sp³-hybridized carbons (Fsp3) is 0.625. The molecule has 1 N–H and O–H groups in total. The van der Waals surface area contributed by atoms with Crippen molar-refractivity contribution in [2.24, 2.45) is 7.05 Å². The lowest BCUT2D eigenvalue weighted by molar-refractivity contribution is 0.0954. The Morgan fingerprint density at radius 2 is 1.88 bits per heavy atom. The molecule has 1 fully saturated rings. The number of carbonyl (C=O) groups excluding carboxylic acids is 1. The van der Waals surface area contributed by atoms with Crippen LogP contribution in [0.15, 0.2) is 16.9 Å². The van der Waals surface area contributed by atoms with E-state index in [9.17, 15) is 18.0 Å². The molecule has 0 spiro atoms. The SMILES string of the molecule is CC(C)c1ccc(C(=O)NCCS(=O)(=O)N2CCCC2)c(=O)n1C. The summed E-state index contributed by atoms with van der Waals surface area (Å²) in [5.41, 5.74) is 0.495. The molecule has 0 bridgehead atoms. The molecule has 1 saturated heterocycles. The second-order valence-corrected chi connectivity index (χ2v) is 8.46. The van der Waals surface area contributed by atoms with Crippen LogP contribution in [0.2, 0.25) is 0 Å². The van der Waals surface area contributed by atoms with Crippen LogP contribution in [-0.4, -0.2) is 48.6 Å². The lowest BCUT2D eigenvalue weighted by atomic mass is 10.1. The van der Waals surface area contributed by atoms with E-state index in [0.717, 1.165) is 18.5 Å². The number of carbonyl (C=O) groups is 1. The minimum Gasteiger partial charge on any atom is -0.351 e. The van der Waals surface area contributed by atoms with Crippen LogP contribution in [-0.2, 0) is 17.1 Å². The van der Waals surface area contributed by atoms with Gasteiger partial charge in [0.15, 0.2) is 0 Å². The summed E-state index contributed by atoms with van der Waals surface area (Å²) in [6, 6.07) is 3.25. The van der Waals surface area contributed by atoms with Crippen LogP contribution in [0.5, 0.6) is 0 Å². The van der Waals surface area contributed by atoms with Crippen molar-refractivity contribution in [1.29, 1.82) is 0 Å². The second kappa shape index (κ2) is 7.48. The second-order valence-electron chi connectivity index (χ2n) is 6.37. The number of pyridine rings is 1. The zero-order valence-corrected chi connectivity index (χ0v) is 15.2. The first-order chi connectivity index (χ1) is 11.2. The molecular weight excluding hydrogens is 330 g/mol. The Bertz CT molecular complexity index is 762. The first-order valence-electron chi connectivity index (χ1n) is 8.20. The molecule has 2 rings (SSSR count). The fourth-order valence-corrected chi connectivity index (χ4v) is 4.32. The molecule has 0 unspecified atom stereocenters. The Morgan fingerprint density at radius 3 is 2.46 bits per heavy atom. The number of nitrogens with one attached hydrogen (secondary N) is 1. The average molecular weight is 355 g/mol. The maximum absolute atomic E-state index is 12.3. The molecule has 1 aromatic rings. The largest absolute Gasteiger partial charge is 0.351 e. The molecule has 1 amide bonds. The fourth-order valence-electron chi connectivity index (χ4n) is 2.89. The van der Waals surface area contributed by atoms with E-state index < -0.39 is 15.9 Å². The molecule has 1 aliphatic heterocycles. The molecular formula is C16H25N3O4S. The third-order valence-corrected chi connectivity index (χ3v) is 6.16. The molecule has 134 valence electrons. The first-order valence-corrected chi connectivity index (χ1v) is 9.81. The van der Waals surface area contributed by atoms with Gasteiger partial charge in [-0.2, -0.15) is 0 Å². The molecule has 0 saturated carbocycles. The monoisotopic (exact) mass is 355 g/mol. The first kappa shape index (κ1) is 18.7. The van der Waals surface area contributed by atoms with Crippen molar-refractivity contribution in [2.45, 2.75) is 32.6 Å². The Balaban J connectivity index is 2.00. The molecule has 1 aromatic heterocycles. The van der Waals surface area contributed by atoms with Crippen molar-refractivity contribution in [1.82, 2.24) is 14.2 Å². The molecule has 0 aromatic carbocycles. The van der Waals surface area contributed by atoms with Gasteiger partial charge < -0.3 is 9.88 Å². The summed E-state index contributed by atoms with van der Waals surface area (Å²) in [5.74, 6) is -0.517. The Kier molecular flexibility index (Phi) is 5.82. The highest BCUT2D eigenvalue weighted by molar-refractivity contribution is 7.89. The van der Waals surface area contributed by atoms with Gasteiger partial charge >= 0.3 is 0 Å². The highest BCUT2D eigenvalue weighted by atomic mass is 32.2. The highest BCUT2D eigenvalue weighted by Crippen LogP contribution is 2.13. The van der Waals surface area contributed by atoms with Crippen LogP contribution in [0.4, 0.5) is 0 Å². The van der Waals surface area contributed by atoms with E-state index in [4.69, 9.17) is 0 Å². The van der Waals surface area contributed by atoms with Crippen molar-refractivity contribution in [3.8, 4) is 0 Å². The summed E-state index contributed by atoms with van der Waals surface area (Å²) < 4.78 is 27.1. The topological polar surface area (TPSA) is 88.5 Å². The van der Waals surface area contributed by atoms with Crippen LogP contribution in [0.25, 0.3) is 0 Å². The third kappa shape index (κ3) is 4.05. The standard InChI is InChI=1S/C16H25N3O4S/c1-12(2)14-7-6-13(16(21)18(14)3)15(20)17-8-11-24(22,23)19-9-4-5-10-19/h6-7,12H,4-5,8-11H2,1-3H3,(H,17,20). The number of rotatable bonds is 6. The summed E-state index contributed by atoms with van der Waals surface area (Å²) >= 11 is 0. The van der Waals surface area contributed by atoms with E-state index in [1.807, 2.05) is 13.8 Å². The molecule has 24 heavy (non-hydrogen) atoms. The van der Waals surface area contributed by atoms with Crippen LogP contribution in [0, 0.1) is 0 Å². The van der Waals surface area contributed by atoms with Gasteiger partial charge in [0.05, 0.1) is 5.75 Å². The minimum atomic E-state index is -3.34. The predicted molar refractivity (Wildman–Crippen MR) is 92.7 cm³/mol. The van der Waals surface area contributed by atoms with Crippen molar-refractivity contribution in [2.75, 3.05) is 25.4 Å². The summed E-state index contributed by atoms with van der Waals surface area (Å²) in [6.45, 7) is 5.03. The van der Waals surface area contributed by atoms with Gasteiger partial charge in [-0.3, -0.25) is 9.59 Å². The highest BCUT2D eigenvalue weighted by Gasteiger charge is 2.25. The van der Waals surface area contributed by atoms with E-state index in [2.05, 4.69) is 5.32 Å². The van der Waals surface area contributed by atoms with Crippen molar-refractivity contribution < 1.29 is 13.2 Å². The summed E-state index contributed by atoms with van der Waals surface area (Å²) in [6.07, 6.45) is 1.76. The summed E-state index contributed by atoms with van der Waals surface area (Å²) in [7, 11) is -1.71. The van der Waals surface area contributed by atoms with E-state index in [0.29, 0.717) is 13.1 Å². The normalized spacial score (nSPS) is 15.8. The Labute approximate surface area is 142 Å². The third-order valence-electron chi connectivity index (χ3n) is 4.28. The van der Waals surface area contributed by atoms with Crippen LogP contribution in [0.1, 0.15) is 48.7 Å². The average Bonchev–Trinajstić information content (AvgIpc) is 3.04. The molecule has 2 heterocycles. The smallest absolute Gasteiger partial charge is 0.263 e. The quantitative estimate of drug-likeness (QED) is 0.812. The lowest BCUT2D eigenvalue weighted by Crippen LogP contribution is -2.38. The van der Waals surface area contributed by atoms with Gasteiger partial charge in [0.1, 0.15) is 5.56 Å². The van der Waals surface area contributed by atoms with Gasteiger partial charge in [-0.1, -0.05) is 13.8 Å². The van der Waals surface area contributed by atoms with Gasteiger partial charge in [-0.25, -0.2) is 12.7 Å². The Morgan fingerprint density at radius 1 is 1.25 bits per heavy atom. The number of hydrogen-bond donors (Lipinski definition) is 1. The van der Waals surface area contributed by atoms with Crippen molar-refractivity contribution >= 4 is 15.9 Å². The number of nitrogens with zero attached hydrogens (tertiary/aromatic N) is 2. The van der Waals surface area contributed by atoms with Crippen LogP contribution >= 0.6 is 0 Å². The van der Waals surface area contributed by atoms with Crippen molar-refractivity contribution in [3.05, 3.63) is 33.7 Å². The lowest BCUT2D eigenvalue weighted by Gasteiger charge is -2.16. The number of sulfonamides is 1. The Hall–Kier alpha value is -1.67. The minimum absolute atomic E-state index is 0.00719. The van der Waals surface area contributed by atoms with Crippen molar-refractivity contribution in [3.63, 3.8) is 0 Å². The summed E-state index contributed by atoms with van der Waals surface area (Å²) in [4.78, 5) is 24.5. The van der Waals surface area contributed by atoms with Gasteiger partial charge in [-0.05, 0) is 30.9 Å². The maximum atomic E-state index is 12.3. The van der Waals surface area contributed by atoms with Gasteiger partial charge in [-0.15, -0.1) is 0 Å². The zero-order chi connectivity index (χ0) is 17.9. The molecule has 0 aliphatic carbocycles. The predicted octanol–water partition coefficient (Wildman–Crippen LogP) is 0.664. The zero-order valence-electron chi connectivity index (χ0n) is 14.4. The van der Waals surface area contributed by atoms with E-state index in [1.54, 1.807) is 13.1 Å². The number of amides is 1. The van der Waals surface area contributed by atoms with E-state index in [-0.39, 0.29) is 29.3 Å². The van der Waals surface area contributed by atoms with E-state index in [1.165, 1.54) is 14.9 Å². The molecule has 0 radical (unpaired) electrons. The van der Waals surface area contributed by atoms with Crippen LogP contribution in [0.3, 0.4) is 0 Å². The van der Waals surface area contributed by atoms with Gasteiger partial charge in [0.25, 0.3) is 11.5 Å². The molecule has 1 aliphatic rings.